The molecule has 2 aliphatic heterocycles. The summed E-state index contributed by atoms with van der Waals surface area (Å²) >= 11 is 8.19. The van der Waals surface area contributed by atoms with Gasteiger partial charge in [-0.15, -0.1) is 11.8 Å². The molecule has 1 N–H and O–H groups in total. The molecule has 0 radical (unpaired) electrons. The number of anilines is 1. The number of ether oxygens (including phenoxy) is 1. The Bertz CT molecular complexity index is 1260. The smallest absolute Gasteiger partial charge is 0.350 e. The molecule has 2 aliphatic rings. The maximum Gasteiger partial charge on any atom is 0.350 e. The number of aromatic nitrogens is 2. The lowest BCUT2D eigenvalue weighted by Gasteiger charge is -2.30. The molecule has 2 aromatic carbocycles. The van der Waals surface area contributed by atoms with Crippen LogP contribution >= 0.6 is 23.4 Å². The van der Waals surface area contributed by atoms with E-state index in [0.29, 0.717) is 52.2 Å². The number of hydrogen-bond donors (Lipinski definition) is 1. The number of benzene rings is 2. The first kappa shape index (κ1) is 21.6. The first-order chi connectivity index (χ1) is 15.5. The van der Waals surface area contributed by atoms with E-state index in [0.717, 1.165) is 24.5 Å². The monoisotopic (exact) mass is 478 g/mol. The SMILES string of the molecule is CO[C@@H]1CSc2c(-c3ccc(F)cc3F)c(Cl)cc3c(N4CCNCC4)nc(=O)n(c23)C1. The molecule has 168 valence electrons. The minimum absolute atomic E-state index is 0.191. The highest BCUT2D eigenvalue weighted by Crippen LogP contribution is 2.46. The number of thioether (sulfide) groups is 1. The number of piperazine rings is 1. The molecule has 10 heteroatoms. The van der Waals surface area contributed by atoms with Crippen LogP contribution in [0, 0.1) is 11.6 Å². The second-order valence-electron chi connectivity index (χ2n) is 7.82. The van der Waals surface area contributed by atoms with E-state index < -0.39 is 11.6 Å². The quantitative estimate of drug-likeness (QED) is 0.621. The summed E-state index contributed by atoms with van der Waals surface area (Å²) in [5, 5.41) is 4.36. The van der Waals surface area contributed by atoms with Crippen LogP contribution in [0.15, 0.2) is 34.0 Å². The molecule has 0 amide bonds. The van der Waals surface area contributed by atoms with Crippen molar-refractivity contribution in [2.75, 3.05) is 43.9 Å². The summed E-state index contributed by atoms with van der Waals surface area (Å²) in [4.78, 5) is 20.3. The van der Waals surface area contributed by atoms with Gasteiger partial charge >= 0.3 is 5.69 Å². The number of rotatable bonds is 3. The van der Waals surface area contributed by atoms with Gasteiger partial charge in [-0.3, -0.25) is 4.57 Å². The molecular weight excluding hydrogens is 458 g/mol. The number of halogens is 3. The average molecular weight is 479 g/mol. The van der Waals surface area contributed by atoms with Gasteiger partial charge in [0.1, 0.15) is 17.5 Å². The topological polar surface area (TPSA) is 59.4 Å². The summed E-state index contributed by atoms with van der Waals surface area (Å²) in [5.74, 6) is -0.246. The van der Waals surface area contributed by atoms with Gasteiger partial charge in [-0.1, -0.05) is 11.6 Å². The Balaban J connectivity index is 1.84. The Labute approximate surface area is 192 Å². The van der Waals surface area contributed by atoms with Gasteiger partial charge in [0.2, 0.25) is 0 Å². The molecule has 32 heavy (non-hydrogen) atoms. The zero-order chi connectivity index (χ0) is 22.4. The maximum absolute atomic E-state index is 14.8. The van der Waals surface area contributed by atoms with Crippen LogP contribution in [-0.4, -0.2) is 54.7 Å². The van der Waals surface area contributed by atoms with Gasteiger partial charge in [0.15, 0.2) is 0 Å². The first-order valence-electron chi connectivity index (χ1n) is 10.3. The van der Waals surface area contributed by atoms with Crippen LogP contribution in [0.2, 0.25) is 5.02 Å². The molecule has 0 unspecified atom stereocenters. The zero-order valence-corrected chi connectivity index (χ0v) is 18.9. The van der Waals surface area contributed by atoms with Crippen molar-refractivity contribution < 1.29 is 13.5 Å². The Morgan fingerprint density at radius 2 is 2.03 bits per heavy atom. The minimum atomic E-state index is -0.707. The van der Waals surface area contributed by atoms with Crippen LogP contribution in [0.4, 0.5) is 14.6 Å². The highest BCUT2D eigenvalue weighted by molar-refractivity contribution is 7.99. The molecule has 1 fully saturated rings. The molecule has 0 saturated carbocycles. The highest BCUT2D eigenvalue weighted by atomic mass is 35.5. The lowest BCUT2D eigenvalue weighted by atomic mass is 10.0. The molecule has 3 aromatic rings. The van der Waals surface area contributed by atoms with Crippen LogP contribution in [0.1, 0.15) is 0 Å². The predicted octanol–water partition coefficient (Wildman–Crippen LogP) is 3.53. The third kappa shape index (κ3) is 3.67. The van der Waals surface area contributed by atoms with Crippen molar-refractivity contribution >= 4 is 40.1 Å². The van der Waals surface area contributed by atoms with E-state index in [-0.39, 0.29) is 17.4 Å². The number of hydrogen-bond acceptors (Lipinski definition) is 6. The van der Waals surface area contributed by atoms with Gasteiger partial charge in [-0.25, -0.2) is 13.6 Å². The molecule has 1 atom stereocenters. The molecule has 0 aliphatic carbocycles. The third-order valence-corrected chi connectivity index (χ3v) is 7.42. The van der Waals surface area contributed by atoms with Crippen molar-refractivity contribution in [1.29, 1.82) is 0 Å². The van der Waals surface area contributed by atoms with Crippen LogP contribution in [0.3, 0.4) is 0 Å². The molecule has 5 rings (SSSR count). The average Bonchev–Trinajstić information content (AvgIpc) is 2.98. The van der Waals surface area contributed by atoms with Crippen molar-refractivity contribution in [3.05, 3.63) is 51.4 Å². The summed E-state index contributed by atoms with van der Waals surface area (Å²) in [6.07, 6.45) is -0.232. The van der Waals surface area contributed by atoms with E-state index in [1.807, 2.05) is 0 Å². The molecular formula is C22H21ClF2N4O2S. The normalized spacial score (nSPS) is 18.8. The van der Waals surface area contributed by atoms with Gasteiger partial charge in [0.25, 0.3) is 0 Å². The molecule has 0 spiro atoms. The third-order valence-electron chi connectivity index (χ3n) is 5.90. The van der Waals surface area contributed by atoms with Gasteiger partial charge in [-0.05, 0) is 18.2 Å². The van der Waals surface area contributed by atoms with Crippen LogP contribution in [0.5, 0.6) is 0 Å². The summed E-state index contributed by atoms with van der Waals surface area (Å²) in [5.41, 5.74) is 0.913. The zero-order valence-electron chi connectivity index (χ0n) is 17.3. The van der Waals surface area contributed by atoms with Crippen molar-refractivity contribution in [2.45, 2.75) is 17.5 Å². The summed E-state index contributed by atoms with van der Waals surface area (Å²) in [7, 11) is 1.60. The second kappa shape index (κ2) is 8.62. The standard InChI is InChI=1S/C22H21ClF2N4O2S/c1-31-13-10-29-19-15(21(27-22(29)30)28-6-4-26-5-7-28)9-16(23)18(20(19)32-11-13)14-3-2-12(24)8-17(14)25/h2-3,8-9,13,26H,4-7,10-11H2,1H3/t13-/m0/s1. The van der Waals surface area contributed by atoms with Crippen molar-refractivity contribution in [2.24, 2.45) is 0 Å². The summed E-state index contributed by atoms with van der Waals surface area (Å²) < 4.78 is 35.6. The fourth-order valence-corrected chi connectivity index (χ4v) is 5.98. The molecule has 1 aromatic heterocycles. The van der Waals surface area contributed by atoms with Gasteiger partial charge < -0.3 is 15.0 Å². The van der Waals surface area contributed by atoms with Crippen LogP contribution < -0.4 is 15.9 Å². The van der Waals surface area contributed by atoms with Gasteiger partial charge in [-0.2, -0.15) is 4.98 Å². The molecule has 6 nitrogen and oxygen atoms in total. The first-order valence-corrected chi connectivity index (χ1v) is 11.7. The molecule has 3 heterocycles. The number of nitrogens with zero attached hydrogens (tertiary/aromatic N) is 3. The Morgan fingerprint density at radius 1 is 1.25 bits per heavy atom. The van der Waals surface area contributed by atoms with Crippen molar-refractivity contribution in [3.8, 4) is 11.1 Å². The van der Waals surface area contributed by atoms with Crippen molar-refractivity contribution in [3.63, 3.8) is 0 Å². The maximum atomic E-state index is 14.8. The largest absolute Gasteiger partial charge is 0.379 e. The van der Waals surface area contributed by atoms with E-state index in [9.17, 15) is 13.6 Å². The van der Waals surface area contributed by atoms with E-state index >= 15 is 0 Å². The molecule has 0 bridgehead atoms. The summed E-state index contributed by atoms with van der Waals surface area (Å²) in [6.45, 7) is 3.31. The Kier molecular flexibility index (Phi) is 5.83. The highest BCUT2D eigenvalue weighted by Gasteiger charge is 2.29. The minimum Gasteiger partial charge on any atom is -0.379 e. The molecule has 1 saturated heterocycles. The van der Waals surface area contributed by atoms with E-state index in [4.69, 9.17) is 16.3 Å². The predicted molar refractivity (Wildman–Crippen MR) is 123 cm³/mol. The van der Waals surface area contributed by atoms with E-state index in [2.05, 4.69) is 15.2 Å². The number of methoxy groups -OCH3 is 1. The Morgan fingerprint density at radius 3 is 2.75 bits per heavy atom. The fourth-order valence-electron chi connectivity index (χ4n) is 4.31. The second-order valence-corrected chi connectivity index (χ2v) is 9.25. The van der Waals surface area contributed by atoms with Crippen LogP contribution in [-0.2, 0) is 11.3 Å². The Hall–Kier alpha value is -2.20. The van der Waals surface area contributed by atoms with Crippen molar-refractivity contribution in [1.82, 2.24) is 14.9 Å². The fraction of sp³-hybridized carbons (Fsp3) is 0.364. The number of nitrogens with one attached hydrogen (secondary N) is 1. The summed E-state index contributed by atoms with van der Waals surface area (Å²) in [6, 6.07) is 5.17. The lowest BCUT2D eigenvalue weighted by Crippen LogP contribution is -2.45. The van der Waals surface area contributed by atoms with Crippen LogP contribution in [0.25, 0.3) is 22.0 Å². The lowest BCUT2D eigenvalue weighted by molar-refractivity contribution is 0.107. The van der Waals surface area contributed by atoms with E-state index in [1.165, 1.54) is 23.9 Å². The van der Waals surface area contributed by atoms with E-state index in [1.54, 1.807) is 17.7 Å². The van der Waals surface area contributed by atoms with Gasteiger partial charge in [0, 0.05) is 66.5 Å². The van der Waals surface area contributed by atoms with Gasteiger partial charge in [0.05, 0.1) is 23.2 Å².